The first-order valence-corrected chi connectivity index (χ1v) is 5.36. The molecule has 4 amide bonds. The van der Waals surface area contributed by atoms with Crippen LogP contribution in [-0.2, 0) is 14.4 Å². The molecule has 1 fully saturated rings. The van der Waals surface area contributed by atoms with Crippen molar-refractivity contribution in [3.8, 4) is 0 Å². The first-order valence-electron chi connectivity index (χ1n) is 5.36. The molecular formula is C12H9FN2O4. The molecule has 1 atom stereocenters. The van der Waals surface area contributed by atoms with Gasteiger partial charge in [0.25, 0.3) is 5.91 Å². The van der Waals surface area contributed by atoms with Gasteiger partial charge in [-0.05, 0) is 25.1 Å². The molecule has 1 heterocycles. The van der Waals surface area contributed by atoms with E-state index in [9.17, 15) is 23.6 Å². The highest BCUT2D eigenvalue weighted by Gasteiger charge is 2.43. The standard InChI is InChI=1S/C12H9FN2O4/c1-6(16)9-10(17)14-12(19)15(11(9)18)8-4-2-3-7(13)5-8/h2-5,9H,1H3,(H,14,17,19)/t9-/m1/s1. The molecule has 0 bridgehead atoms. The summed E-state index contributed by atoms with van der Waals surface area (Å²) in [6.45, 7) is 1.07. The lowest BCUT2D eigenvalue weighted by Crippen LogP contribution is -2.60. The van der Waals surface area contributed by atoms with E-state index in [2.05, 4.69) is 0 Å². The lowest BCUT2D eigenvalue weighted by Gasteiger charge is -2.28. The van der Waals surface area contributed by atoms with Crippen molar-refractivity contribution in [1.29, 1.82) is 0 Å². The Bertz CT molecular complexity index is 599. The van der Waals surface area contributed by atoms with Gasteiger partial charge in [-0.2, -0.15) is 0 Å². The van der Waals surface area contributed by atoms with Crippen LogP contribution in [0.1, 0.15) is 6.92 Å². The van der Waals surface area contributed by atoms with Gasteiger partial charge >= 0.3 is 6.03 Å². The van der Waals surface area contributed by atoms with Crippen molar-refractivity contribution in [2.45, 2.75) is 6.92 Å². The van der Waals surface area contributed by atoms with Gasteiger partial charge in [0, 0.05) is 0 Å². The Morgan fingerprint density at radius 2 is 2.00 bits per heavy atom. The van der Waals surface area contributed by atoms with Gasteiger partial charge in [0.2, 0.25) is 5.91 Å². The Morgan fingerprint density at radius 1 is 1.32 bits per heavy atom. The van der Waals surface area contributed by atoms with Gasteiger partial charge < -0.3 is 0 Å². The maximum absolute atomic E-state index is 13.1. The molecule has 6 nitrogen and oxygen atoms in total. The summed E-state index contributed by atoms with van der Waals surface area (Å²) in [5, 5.41) is 1.89. The average Bonchev–Trinajstić information content (AvgIpc) is 2.27. The second-order valence-corrected chi connectivity index (χ2v) is 3.99. The number of urea groups is 1. The van der Waals surface area contributed by atoms with Gasteiger partial charge in [0.15, 0.2) is 11.7 Å². The van der Waals surface area contributed by atoms with Gasteiger partial charge in [-0.1, -0.05) is 6.07 Å². The normalized spacial score (nSPS) is 19.4. The Labute approximate surface area is 107 Å². The lowest BCUT2D eigenvalue weighted by molar-refractivity contribution is -0.140. The highest BCUT2D eigenvalue weighted by molar-refractivity contribution is 6.34. The van der Waals surface area contributed by atoms with Crippen molar-refractivity contribution in [3.63, 3.8) is 0 Å². The Balaban J connectivity index is 2.44. The molecule has 1 aromatic rings. The molecule has 19 heavy (non-hydrogen) atoms. The van der Waals surface area contributed by atoms with E-state index in [4.69, 9.17) is 0 Å². The molecule has 1 saturated heterocycles. The molecule has 0 unspecified atom stereocenters. The minimum absolute atomic E-state index is 0.0405. The average molecular weight is 264 g/mol. The number of nitrogens with zero attached hydrogens (tertiary/aromatic N) is 1. The Kier molecular flexibility index (Phi) is 3.12. The molecule has 2 rings (SSSR count). The van der Waals surface area contributed by atoms with E-state index < -0.39 is 35.4 Å². The summed E-state index contributed by atoms with van der Waals surface area (Å²) in [6.07, 6.45) is 0. The Morgan fingerprint density at radius 3 is 2.58 bits per heavy atom. The van der Waals surface area contributed by atoms with Crippen LogP contribution in [0.25, 0.3) is 0 Å². The van der Waals surface area contributed by atoms with Gasteiger partial charge in [-0.25, -0.2) is 14.1 Å². The smallest absolute Gasteiger partial charge is 0.299 e. The maximum Gasteiger partial charge on any atom is 0.335 e. The van der Waals surface area contributed by atoms with Gasteiger partial charge in [0.1, 0.15) is 5.82 Å². The van der Waals surface area contributed by atoms with Crippen LogP contribution in [0.4, 0.5) is 14.9 Å². The maximum atomic E-state index is 13.1. The number of Topliss-reactive ketones (excluding diaryl/α,β-unsaturated/α-hetero) is 1. The Hall–Kier alpha value is -2.57. The highest BCUT2D eigenvalue weighted by Crippen LogP contribution is 2.21. The predicted octanol–water partition coefficient (Wildman–Crippen LogP) is 0.614. The molecule has 0 saturated carbocycles. The monoisotopic (exact) mass is 264 g/mol. The number of carbonyl (C=O) groups is 4. The first kappa shape index (κ1) is 12.9. The van der Waals surface area contributed by atoms with Crippen LogP contribution in [-0.4, -0.2) is 23.6 Å². The summed E-state index contributed by atoms with van der Waals surface area (Å²) in [7, 11) is 0. The third-order valence-corrected chi connectivity index (χ3v) is 2.64. The molecule has 0 aliphatic carbocycles. The van der Waals surface area contributed by atoms with E-state index in [0.717, 1.165) is 19.1 Å². The van der Waals surface area contributed by atoms with Crippen molar-refractivity contribution < 1.29 is 23.6 Å². The molecule has 98 valence electrons. The van der Waals surface area contributed by atoms with Crippen LogP contribution in [0.15, 0.2) is 24.3 Å². The summed E-state index contributed by atoms with van der Waals surface area (Å²) in [5.74, 6) is -4.85. The van der Waals surface area contributed by atoms with Crippen LogP contribution in [0.5, 0.6) is 0 Å². The molecule has 1 aliphatic heterocycles. The van der Waals surface area contributed by atoms with E-state index in [-0.39, 0.29) is 5.69 Å². The number of halogens is 1. The van der Waals surface area contributed by atoms with Crippen LogP contribution >= 0.6 is 0 Å². The van der Waals surface area contributed by atoms with E-state index in [1.807, 2.05) is 5.32 Å². The first-order chi connectivity index (χ1) is 8.91. The number of anilines is 1. The summed E-state index contributed by atoms with van der Waals surface area (Å²) < 4.78 is 13.1. The van der Waals surface area contributed by atoms with Crippen LogP contribution in [0.2, 0.25) is 0 Å². The largest absolute Gasteiger partial charge is 0.335 e. The molecule has 1 N–H and O–H groups in total. The molecular weight excluding hydrogens is 255 g/mol. The van der Waals surface area contributed by atoms with Crippen molar-refractivity contribution in [3.05, 3.63) is 30.1 Å². The van der Waals surface area contributed by atoms with Gasteiger partial charge in [-0.15, -0.1) is 0 Å². The minimum Gasteiger partial charge on any atom is -0.299 e. The molecule has 7 heteroatoms. The second kappa shape index (κ2) is 4.60. The number of ketones is 1. The summed E-state index contributed by atoms with van der Waals surface area (Å²) in [6, 6.07) is 3.74. The summed E-state index contributed by atoms with van der Waals surface area (Å²) in [5.41, 5.74) is -0.0405. The van der Waals surface area contributed by atoms with Gasteiger partial charge in [-0.3, -0.25) is 19.7 Å². The number of barbiturate groups is 1. The van der Waals surface area contributed by atoms with Crippen molar-refractivity contribution >= 4 is 29.3 Å². The van der Waals surface area contributed by atoms with E-state index in [1.54, 1.807) is 0 Å². The number of rotatable bonds is 2. The van der Waals surface area contributed by atoms with E-state index in [0.29, 0.717) is 4.90 Å². The molecule has 1 aromatic carbocycles. The van der Waals surface area contributed by atoms with Crippen molar-refractivity contribution in [2.75, 3.05) is 4.90 Å². The lowest BCUT2D eigenvalue weighted by atomic mass is 10.0. The van der Waals surface area contributed by atoms with Crippen molar-refractivity contribution in [1.82, 2.24) is 5.32 Å². The van der Waals surface area contributed by atoms with Crippen LogP contribution in [0.3, 0.4) is 0 Å². The number of benzene rings is 1. The topological polar surface area (TPSA) is 83.6 Å². The zero-order chi connectivity index (χ0) is 14.2. The number of carbonyl (C=O) groups excluding carboxylic acids is 4. The molecule has 0 aromatic heterocycles. The van der Waals surface area contributed by atoms with Crippen LogP contribution in [0, 0.1) is 11.7 Å². The predicted molar refractivity (Wildman–Crippen MR) is 61.6 cm³/mol. The fraction of sp³-hybridized carbons (Fsp3) is 0.167. The SMILES string of the molecule is CC(=O)[C@@H]1C(=O)NC(=O)N(c2cccc(F)c2)C1=O. The summed E-state index contributed by atoms with van der Waals surface area (Å²) >= 11 is 0. The van der Waals surface area contributed by atoms with E-state index in [1.165, 1.54) is 12.1 Å². The zero-order valence-electron chi connectivity index (χ0n) is 9.84. The molecule has 1 aliphatic rings. The fourth-order valence-corrected chi connectivity index (χ4v) is 1.79. The number of imide groups is 2. The molecule has 0 spiro atoms. The highest BCUT2D eigenvalue weighted by atomic mass is 19.1. The number of hydrogen-bond acceptors (Lipinski definition) is 4. The number of amides is 4. The van der Waals surface area contributed by atoms with Crippen LogP contribution < -0.4 is 10.2 Å². The molecule has 0 radical (unpaired) electrons. The van der Waals surface area contributed by atoms with Crippen molar-refractivity contribution in [2.24, 2.45) is 5.92 Å². The third kappa shape index (κ3) is 2.22. The fourth-order valence-electron chi connectivity index (χ4n) is 1.79. The number of hydrogen-bond donors (Lipinski definition) is 1. The second-order valence-electron chi connectivity index (χ2n) is 3.99. The third-order valence-electron chi connectivity index (χ3n) is 2.64. The minimum atomic E-state index is -1.58. The summed E-state index contributed by atoms with van der Waals surface area (Å²) in [4.78, 5) is 46.9. The number of nitrogens with one attached hydrogen (secondary N) is 1. The zero-order valence-corrected chi connectivity index (χ0v) is 9.84. The van der Waals surface area contributed by atoms with Gasteiger partial charge in [0.05, 0.1) is 5.69 Å². The quantitative estimate of drug-likeness (QED) is 0.793. The van der Waals surface area contributed by atoms with E-state index >= 15 is 0 Å².